The summed E-state index contributed by atoms with van der Waals surface area (Å²) in [5, 5.41) is 8.99. The Kier molecular flexibility index (Phi) is 26.5. The van der Waals surface area contributed by atoms with Gasteiger partial charge in [-0.2, -0.15) is 14.1 Å². The number of rotatable bonds is 1. The van der Waals surface area contributed by atoms with Crippen LogP contribution in [0.4, 0.5) is 0 Å². The third-order valence-electron chi connectivity index (χ3n) is 2.36. The van der Waals surface area contributed by atoms with Gasteiger partial charge in [-0.1, -0.05) is 31.4 Å². The zero-order chi connectivity index (χ0) is 12.7. The molecule has 1 unspecified atom stereocenters. The molecule has 0 amide bonds. The van der Waals surface area contributed by atoms with Crippen molar-refractivity contribution in [3.63, 3.8) is 0 Å². The fourth-order valence-electron chi connectivity index (χ4n) is 1.68. The monoisotopic (exact) mass is 442 g/mol. The summed E-state index contributed by atoms with van der Waals surface area (Å²) in [7, 11) is -4.67. The molecular formula is C10H24Cu2N2O7S+2. The van der Waals surface area contributed by atoms with Crippen LogP contribution in [-0.4, -0.2) is 42.1 Å². The van der Waals surface area contributed by atoms with Gasteiger partial charge in [0.05, 0.1) is 0 Å². The predicted molar refractivity (Wildman–Crippen MR) is 78.8 cm³/mol. The van der Waals surface area contributed by atoms with Crippen molar-refractivity contribution in [2.75, 3.05) is 13.1 Å². The Bertz CT molecular complexity index is 390. The van der Waals surface area contributed by atoms with Gasteiger partial charge in [0.15, 0.2) is 0 Å². The van der Waals surface area contributed by atoms with Gasteiger partial charge in [-0.25, -0.2) is 0 Å². The number of hydrogen-bond acceptors (Lipinski definition) is 2. The van der Waals surface area contributed by atoms with Crippen molar-refractivity contribution in [1.82, 2.24) is 0 Å². The Balaban J connectivity index is -0.0000000870. The van der Waals surface area contributed by atoms with Gasteiger partial charge < -0.3 is 27.1 Å². The van der Waals surface area contributed by atoms with Crippen LogP contribution in [-0.2, 0) is 55.5 Å². The number of nitrogens with zero attached hydrogens (tertiary/aromatic N) is 2. The summed E-state index contributed by atoms with van der Waals surface area (Å²) in [6.07, 6.45) is 10.0. The third kappa shape index (κ3) is 18.1. The van der Waals surface area contributed by atoms with Crippen molar-refractivity contribution in [2.24, 2.45) is 0 Å². The average molecular weight is 443 g/mol. The fraction of sp³-hybridized carbons (Fsp3) is 0.600. The Morgan fingerprint density at radius 2 is 1.73 bits per heavy atom. The molecule has 2 aliphatic heterocycles. The van der Waals surface area contributed by atoms with Crippen molar-refractivity contribution in [3.8, 4) is 0 Å². The molecule has 2 heterocycles. The smallest absolute Gasteiger partial charge is 0.686 e. The number of hydrogen-bond donors (Lipinski definition) is 2. The first-order valence-corrected chi connectivity index (χ1v) is 6.77. The van der Waals surface area contributed by atoms with E-state index in [1.54, 1.807) is 0 Å². The molecule has 0 aromatic carbocycles. The second kappa shape index (κ2) is 17.4. The van der Waals surface area contributed by atoms with Gasteiger partial charge in [0.1, 0.15) is 0 Å². The maximum atomic E-state index is 8.74. The van der Waals surface area contributed by atoms with E-state index in [9.17, 15) is 0 Å². The molecule has 1 fully saturated rings. The second-order valence-electron chi connectivity index (χ2n) is 3.73. The minimum Gasteiger partial charge on any atom is -0.686 e. The molecule has 9 nitrogen and oxygen atoms in total. The molecule has 2 rings (SSSR count). The molecule has 142 valence electrons. The first-order chi connectivity index (χ1) is 7.97. The third-order valence-corrected chi connectivity index (χ3v) is 2.36. The summed E-state index contributed by atoms with van der Waals surface area (Å²) in [6, 6.07) is 0.406. The van der Waals surface area contributed by atoms with E-state index in [-0.39, 0.29) is 50.6 Å². The normalized spacial score (nSPS) is 18.6. The molecule has 0 saturated carbocycles. The minimum atomic E-state index is -4.67. The van der Waals surface area contributed by atoms with E-state index < -0.39 is 10.4 Å². The van der Waals surface area contributed by atoms with Crippen LogP contribution in [0.2, 0.25) is 0 Å². The van der Waals surface area contributed by atoms with Crippen LogP contribution in [0.5, 0.6) is 0 Å². The van der Waals surface area contributed by atoms with Crippen LogP contribution >= 0.6 is 0 Å². The largest absolute Gasteiger partial charge is 2.00 e. The van der Waals surface area contributed by atoms with Crippen LogP contribution in [0.1, 0.15) is 19.3 Å². The second-order valence-corrected chi connectivity index (χ2v) is 4.62. The Morgan fingerprint density at radius 1 is 1.18 bits per heavy atom. The predicted octanol–water partition coefficient (Wildman–Crippen LogP) is -0.586. The molecular weight excluding hydrogens is 419 g/mol. The minimum absolute atomic E-state index is 0. The summed E-state index contributed by atoms with van der Waals surface area (Å²) in [4.78, 5) is 0. The zero-order valence-electron chi connectivity index (χ0n) is 11.6. The van der Waals surface area contributed by atoms with E-state index in [2.05, 4.69) is 28.9 Å². The van der Waals surface area contributed by atoms with Crippen molar-refractivity contribution in [1.29, 1.82) is 0 Å². The van der Waals surface area contributed by atoms with Crippen LogP contribution in [0.25, 0.3) is 10.6 Å². The Labute approximate surface area is 151 Å². The van der Waals surface area contributed by atoms with Crippen LogP contribution in [0.15, 0.2) is 23.9 Å². The van der Waals surface area contributed by atoms with Crippen LogP contribution in [0.3, 0.4) is 0 Å². The van der Waals surface area contributed by atoms with E-state index in [0.717, 1.165) is 13.1 Å². The molecule has 0 aromatic rings. The van der Waals surface area contributed by atoms with Crippen molar-refractivity contribution in [3.05, 3.63) is 34.6 Å². The standard InChI is InChI=1S/C10H14N2.2Cu.H2O4S.3H2O/c1-3-7-11-9(5-1)10-6-2-4-8-12-10;;;1-5(2,3)4;;;/h1,3,5,10H,2,4,6-8H2;;;(H2,1,2,3,4);3*1H2/q-2;;+2;;;;/p+2. The van der Waals surface area contributed by atoms with E-state index >= 15 is 0 Å². The van der Waals surface area contributed by atoms with Crippen molar-refractivity contribution in [2.45, 2.75) is 25.3 Å². The van der Waals surface area contributed by atoms with Crippen LogP contribution in [0, 0.1) is 0 Å². The van der Waals surface area contributed by atoms with E-state index in [1.807, 2.05) is 0 Å². The van der Waals surface area contributed by atoms with Gasteiger partial charge in [0, 0.05) is 17.1 Å². The molecule has 2 aliphatic rings. The summed E-state index contributed by atoms with van der Waals surface area (Å²) < 4.78 is 31.6. The Morgan fingerprint density at radius 3 is 2.09 bits per heavy atom. The summed E-state index contributed by atoms with van der Waals surface area (Å²) in [6.45, 7) is 1.87. The molecule has 1 saturated heterocycles. The fourth-order valence-corrected chi connectivity index (χ4v) is 1.68. The van der Waals surface area contributed by atoms with E-state index in [0.29, 0.717) is 6.04 Å². The van der Waals surface area contributed by atoms with Gasteiger partial charge in [0.2, 0.25) is 0 Å². The topological polar surface area (TPSA) is 200 Å². The van der Waals surface area contributed by atoms with E-state index in [4.69, 9.17) is 17.5 Å². The molecule has 0 bridgehead atoms. The maximum Gasteiger partial charge on any atom is 2.00 e. The van der Waals surface area contributed by atoms with Gasteiger partial charge in [-0.15, -0.1) is 25.2 Å². The first kappa shape index (κ1) is 33.6. The molecule has 0 aromatic heterocycles. The summed E-state index contributed by atoms with van der Waals surface area (Å²) in [5.74, 6) is 0. The van der Waals surface area contributed by atoms with Crippen LogP contribution < -0.4 is 0 Å². The molecule has 0 spiro atoms. The maximum absolute atomic E-state index is 8.74. The van der Waals surface area contributed by atoms with Crippen molar-refractivity contribution >= 4 is 10.4 Å². The molecule has 22 heavy (non-hydrogen) atoms. The quantitative estimate of drug-likeness (QED) is 0.310. The van der Waals surface area contributed by atoms with Gasteiger partial charge in [-0.05, 0) is 0 Å². The molecule has 10 N–H and O–H groups in total. The first-order valence-electron chi connectivity index (χ1n) is 5.37. The van der Waals surface area contributed by atoms with Crippen molar-refractivity contribution < 1.29 is 68.1 Å². The molecule has 12 heteroatoms. The van der Waals surface area contributed by atoms with Gasteiger partial charge in [0.25, 0.3) is 0 Å². The molecule has 0 aliphatic carbocycles. The Hall–Kier alpha value is 0.0290. The zero-order valence-corrected chi connectivity index (χ0v) is 14.3. The number of allylic oxidation sites excluding steroid dienone is 2. The molecule has 2 radical (unpaired) electrons. The van der Waals surface area contributed by atoms with Gasteiger partial charge >= 0.3 is 27.5 Å². The average Bonchev–Trinajstić information content (AvgIpc) is 2.29. The summed E-state index contributed by atoms with van der Waals surface area (Å²) >= 11 is 0. The summed E-state index contributed by atoms with van der Waals surface area (Å²) in [5.41, 5.74) is 1.19. The SMILES string of the molecule is C1=CC[N-]C(C2CCCC[N-]2)=C1.O.O=S(=O)(O)O.[Cu+2].[Cu].[OH3+].[OH3+]. The number of piperidine rings is 1. The van der Waals surface area contributed by atoms with Gasteiger partial charge in [-0.3, -0.25) is 9.11 Å². The van der Waals surface area contributed by atoms with E-state index in [1.165, 1.54) is 25.0 Å². The molecule has 1 atom stereocenters.